The maximum absolute atomic E-state index is 5.94. The molecule has 90 valence electrons. The second kappa shape index (κ2) is 6.12. The molecule has 1 rings (SSSR count). The second-order valence-electron chi connectivity index (χ2n) is 4.30. The minimum atomic E-state index is -0.0642. The third-order valence-electron chi connectivity index (χ3n) is 2.68. The van der Waals surface area contributed by atoms with Crippen molar-refractivity contribution in [2.45, 2.75) is 33.2 Å². The molecule has 0 aliphatic carbocycles. The van der Waals surface area contributed by atoms with E-state index in [2.05, 4.69) is 13.8 Å². The molecule has 0 amide bonds. The summed E-state index contributed by atoms with van der Waals surface area (Å²) in [6.45, 7) is 6.98. The van der Waals surface area contributed by atoms with E-state index in [1.807, 2.05) is 25.1 Å². The van der Waals surface area contributed by atoms with Gasteiger partial charge < -0.3 is 10.5 Å². The maximum Gasteiger partial charge on any atom is 0.124 e. The van der Waals surface area contributed by atoms with Crippen LogP contribution in [0.25, 0.3) is 0 Å². The third kappa shape index (κ3) is 3.69. The highest BCUT2D eigenvalue weighted by atomic mass is 35.5. The zero-order valence-electron chi connectivity index (χ0n) is 10.2. The zero-order valence-corrected chi connectivity index (χ0v) is 10.9. The van der Waals surface area contributed by atoms with Gasteiger partial charge in [-0.05, 0) is 31.0 Å². The Kier molecular flexibility index (Phi) is 5.10. The summed E-state index contributed by atoms with van der Waals surface area (Å²) in [5.74, 6) is 1.40. The van der Waals surface area contributed by atoms with E-state index in [-0.39, 0.29) is 6.04 Å². The van der Waals surface area contributed by atoms with Crippen molar-refractivity contribution in [2.24, 2.45) is 11.7 Å². The van der Waals surface area contributed by atoms with Gasteiger partial charge in [-0.25, -0.2) is 0 Å². The molecular weight excluding hydrogens is 222 g/mol. The van der Waals surface area contributed by atoms with Crippen LogP contribution in [0.4, 0.5) is 0 Å². The molecule has 1 aromatic rings. The number of ether oxygens (including phenoxy) is 1. The third-order valence-corrected chi connectivity index (χ3v) is 2.92. The van der Waals surface area contributed by atoms with Crippen molar-refractivity contribution in [1.82, 2.24) is 0 Å². The first-order valence-electron chi connectivity index (χ1n) is 5.72. The molecular formula is C13H20ClNO. The minimum Gasteiger partial charge on any atom is -0.493 e. The Balaban J connectivity index is 2.78. The highest BCUT2D eigenvalue weighted by Crippen LogP contribution is 2.27. The van der Waals surface area contributed by atoms with E-state index in [1.54, 1.807) is 0 Å². The van der Waals surface area contributed by atoms with Gasteiger partial charge in [0.1, 0.15) is 5.75 Å². The van der Waals surface area contributed by atoms with Crippen LogP contribution in [0, 0.1) is 5.92 Å². The number of hydrogen-bond donors (Lipinski definition) is 1. The number of nitrogens with two attached hydrogens (primary N) is 1. The first-order chi connectivity index (χ1) is 7.54. The van der Waals surface area contributed by atoms with Gasteiger partial charge in [-0.15, -0.1) is 0 Å². The largest absolute Gasteiger partial charge is 0.493 e. The van der Waals surface area contributed by atoms with Gasteiger partial charge in [0.05, 0.1) is 6.61 Å². The predicted molar refractivity (Wildman–Crippen MR) is 69.0 cm³/mol. The van der Waals surface area contributed by atoms with Crippen molar-refractivity contribution in [3.05, 3.63) is 28.8 Å². The van der Waals surface area contributed by atoms with Gasteiger partial charge >= 0.3 is 0 Å². The van der Waals surface area contributed by atoms with E-state index in [1.165, 1.54) is 0 Å². The zero-order chi connectivity index (χ0) is 12.1. The summed E-state index contributed by atoms with van der Waals surface area (Å²) in [5.41, 5.74) is 6.85. The second-order valence-corrected chi connectivity index (χ2v) is 4.73. The Morgan fingerprint density at radius 1 is 1.38 bits per heavy atom. The van der Waals surface area contributed by atoms with E-state index in [9.17, 15) is 0 Å². The lowest BCUT2D eigenvalue weighted by atomic mass is 10.1. The summed E-state index contributed by atoms with van der Waals surface area (Å²) in [6.07, 6.45) is 1.11. The van der Waals surface area contributed by atoms with E-state index in [4.69, 9.17) is 22.1 Å². The van der Waals surface area contributed by atoms with Crippen LogP contribution in [0.15, 0.2) is 18.2 Å². The number of benzene rings is 1. The lowest BCUT2D eigenvalue weighted by Crippen LogP contribution is -2.12. The molecule has 2 N–H and O–H groups in total. The molecule has 0 aromatic heterocycles. The van der Waals surface area contributed by atoms with Crippen molar-refractivity contribution in [3.8, 4) is 5.75 Å². The molecule has 0 fully saturated rings. The van der Waals surface area contributed by atoms with Crippen LogP contribution in [0.1, 0.15) is 38.8 Å². The molecule has 0 saturated heterocycles. The molecule has 0 bridgehead atoms. The lowest BCUT2D eigenvalue weighted by molar-refractivity contribution is 0.253. The number of rotatable bonds is 5. The van der Waals surface area contributed by atoms with E-state index in [0.717, 1.165) is 24.3 Å². The standard InChI is InChI=1S/C13H20ClNO/c1-4-9(2)8-16-13-6-5-11(14)7-12(13)10(3)15/h5-7,9-10H,4,8,15H2,1-3H3/t9?,10-/m1/s1. The van der Waals surface area contributed by atoms with E-state index in [0.29, 0.717) is 10.9 Å². The van der Waals surface area contributed by atoms with Gasteiger partial charge in [-0.2, -0.15) is 0 Å². The van der Waals surface area contributed by atoms with Crippen LogP contribution < -0.4 is 10.5 Å². The number of hydrogen-bond acceptors (Lipinski definition) is 2. The fourth-order valence-corrected chi connectivity index (χ4v) is 1.54. The fourth-order valence-electron chi connectivity index (χ4n) is 1.36. The van der Waals surface area contributed by atoms with Crippen molar-refractivity contribution < 1.29 is 4.74 Å². The summed E-state index contributed by atoms with van der Waals surface area (Å²) < 4.78 is 5.77. The van der Waals surface area contributed by atoms with Gasteiger partial charge in [0.2, 0.25) is 0 Å². The average molecular weight is 242 g/mol. The van der Waals surface area contributed by atoms with Crippen molar-refractivity contribution in [3.63, 3.8) is 0 Å². The molecule has 0 aliphatic rings. The Morgan fingerprint density at radius 3 is 2.62 bits per heavy atom. The molecule has 2 atom stereocenters. The lowest BCUT2D eigenvalue weighted by Gasteiger charge is -2.16. The molecule has 0 spiro atoms. The normalized spacial score (nSPS) is 14.6. The van der Waals surface area contributed by atoms with Crippen LogP contribution >= 0.6 is 11.6 Å². The Bertz CT molecular complexity index is 339. The number of halogens is 1. The Labute approximate surface area is 103 Å². The summed E-state index contributed by atoms with van der Waals surface area (Å²) >= 11 is 5.94. The van der Waals surface area contributed by atoms with Crippen molar-refractivity contribution >= 4 is 11.6 Å². The van der Waals surface area contributed by atoms with E-state index < -0.39 is 0 Å². The van der Waals surface area contributed by atoms with Crippen LogP contribution in [0.3, 0.4) is 0 Å². The van der Waals surface area contributed by atoms with Gasteiger partial charge in [-0.3, -0.25) is 0 Å². The quantitative estimate of drug-likeness (QED) is 0.852. The van der Waals surface area contributed by atoms with Crippen molar-refractivity contribution in [2.75, 3.05) is 6.61 Å². The molecule has 2 nitrogen and oxygen atoms in total. The van der Waals surface area contributed by atoms with Crippen LogP contribution in [0.2, 0.25) is 5.02 Å². The predicted octanol–water partition coefficient (Wildman–Crippen LogP) is 3.78. The average Bonchev–Trinajstić information content (AvgIpc) is 2.26. The summed E-state index contributed by atoms with van der Waals surface area (Å²) in [4.78, 5) is 0. The molecule has 1 unspecified atom stereocenters. The van der Waals surface area contributed by atoms with Gasteiger partial charge in [0.25, 0.3) is 0 Å². The van der Waals surface area contributed by atoms with Crippen LogP contribution in [-0.2, 0) is 0 Å². The van der Waals surface area contributed by atoms with Crippen LogP contribution in [-0.4, -0.2) is 6.61 Å². The first-order valence-corrected chi connectivity index (χ1v) is 6.10. The van der Waals surface area contributed by atoms with Crippen molar-refractivity contribution in [1.29, 1.82) is 0 Å². The van der Waals surface area contributed by atoms with Crippen LogP contribution in [0.5, 0.6) is 5.75 Å². The first kappa shape index (κ1) is 13.3. The molecule has 0 heterocycles. The fraction of sp³-hybridized carbons (Fsp3) is 0.538. The summed E-state index contributed by atoms with van der Waals surface area (Å²) in [7, 11) is 0. The topological polar surface area (TPSA) is 35.2 Å². The Morgan fingerprint density at radius 2 is 2.06 bits per heavy atom. The Hall–Kier alpha value is -0.730. The van der Waals surface area contributed by atoms with E-state index >= 15 is 0 Å². The molecule has 0 aliphatic heterocycles. The van der Waals surface area contributed by atoms with Gasteiger partial charge in [0.15, 0.2) is 0 Å². The summed E-state index contributed by atoms with van der Waals surface area (Å²) in [5, 5.41) is 0.697. The molecule has 16 heavy (non-hydrogen) atoms. The highest BCUT2D eigenvalue weighted by Gasteiger charge is 2.10. The van der Waals surface area contributed by atoms with Gasteiger partial charge in [0, 0.05) is 16.6 Å². The highest BCUT2D eigenvalue weighted by molar-refractivity contribution is 6.30. The molecule has 1 aromatic carbocycles. The molecule has 3 heteroatoms. The molecule has 0 saturated carbocycles. The monoisotopic (exact) mass is 241 g/mol. The maximum atomic E-state index is 5.94. The minimum absolute atomic E-state index is 0.0642. The molecule has 0 radical (unpaired) electrons. The SMILES string of the molecule is CCC(C)COc1ccc(Cl)cc1[C@@H](C)N. The summed E-state index contributed by atoms with van der Waals surface area (Å²) in [6, 6.07) is 5.53. The van der Waals surface area contributed by atoms with Gasteiger partial charge in [-0.1, -0.05) is 31.9 Å². The smallest absolute Gasteiger partial charge is 0.124 e.